The number of para-hydroxylation sites is 1. The molecule has 0 radical (unpaired) electrons. The molecule has 0 spiro atoms. The fraction of sp³-hybridized carbons (Fsp3) is 0.267. The Morgan fingerprint density at radius 3 is 3.19 bits per heavy atom. The van der Waals surface area contributed by atoms with Gasteiger partial charge in [0.15, 0.2) is 0 Å². The van der Waals surface area contributed by atoms with E-state index in [2.05, 4.69) is 26.4 Å². The fourth-order valence-electron chi connectivity index (χ4n) is 2.70. The van der Waals surface area contributed by atoms with Gasteiger partial charge in [-0.2, -0.15) is 14.6 Å². The summed E-state index contributed by atoms with van der Waals surface area (Å²) in [6.45, 7) is 2.66. The Labute approximate surface area is 121 Å². The second-order valence-electron chi connectivity index (χ2n) is 5.13. The second-order valence-corrected chi connectivity index (χ2v) is 5.13. The lowest BCUT2D eigenvalue weighted by molar-refractivity contribution is 0.274. The predicted molar refractivity (Wildman–Crippen MR) is 78.4 cm³/mol. The first-order valence-electron chi connectivity index (χ1n) is 6.97. The van der Waals surface area contributed by atoms with Crippen molar-refractivity contribution in [1.82, 2.24) is 19.6 Å². The van der Waals surface area contributed by atoms with Crippen LogP contribution in [-0.2, 0) is 0 Å². The summed E-state index contributed by atoms with van der Waals surface area (Å²) in [5.74, 6) is 2.46. The van der Waals surface area contributed by atoms with Crippen LogP contribution in [-0.4, -0.2) is 26.2 Å². The summed E-state index contributed by atoms with van der Waals surface area (Å²) < 4.78 is 7.43. The van der Waals surface area contributed by atoms with E-state index in [1.807, 2.05) is 31.2 Å². The minimum Gasteiger partial charge on any atom is -0.493 e. The third-order valence-corrected chi connectivity index (χ3v) is 3.66. The van der Waals surface area contributed by atoms with Crippen molar-refractivity contribution in [2.24, 2.45) is 0 Å². The average Bonchev–Trinajstić information content (AvgIpc) is 2.96. The van der Waals surface area contributed by atoms with E-state index >= 15 is 0 Å². The zero-order valence-corrected chi connectivity index (χ0v) is 11.7. The number of hydrogen-bond donors (Lipinski definition) is 1. The number of fused-ring (bicyclic) bond motifs is 2. The molecule has 3 aromatic rings. The summed E-state index contributed by atoms with van der Waals surface area (Å²) in [4.78, 5) is 8.51. The van der Waals surface area contributed by atoms with E-state index in [0.29, 0.717) is 12.4 Å². The quantitative estimate of drug-likeness (QED) is 0.781. The van der Waals surface area contributed by atoms with E-state index in [0.717, 1.165) is 23.7 Å². The Bertz CT molecular complexity index is 798. The van der Waals surface area contributed by atoms with E-state index in [1.54, 1.807) is 4.52 Å². The lowest BCUT2D eigenvalue weighted by atomic mass is 10.0. The van der Waals surface area contributed by atoms with Crippen LogP contribution in [0.5, 0.6) is 5.75 Å². The van der Waals surface area contributed by atoms with Gasteiger partial charge in [0.25, 0.3) is 5.78 Å². The SMILES string of the molecule is Cc1cc(NC2CCOc3ccccc32)n2ncnc2n1. The topological polar surface area (TPSA) is 64.3 Å². The number of aromatic nitrogens is 4. The van der Waals surface area contributed by atoms with Crippen LogP contribution in [0.4, 0.5) is 5.82 Å². The molecule has 3 heterocycles. The molecule has 1 unspecified atom stereocenters. The van der Waals surface area contributed by atoms with E-state index < -0.39 is 0 Å². The van der Waals surface area contributed by atoms with Crippen LogP contribution in [0.1, 0.15) is 23.7 Å². The molecule has 0 bridgehead atoms. The number of nitrogens with zero attached hydrogens (tertiary/aromatic N) is 4. The number of benzene rings is 1. The minimum absolute atomic E-state index is 0.198. The summed E-state index contributed by atoms with van der Waals surface area (Å²) in [5, 5.41) is 7.78. The highest BCUT2D eigenvalue weighted by atomic mass is 16.5. The molecule has 0 saturated carbocycles. The number of hydrogen-bond acceptors (Lipinski definition) is 5. The fourth-order valence-corrected chi connectivity index (χ4v) is 2.70. The van der Waals surface area contributed by atoms with Gasteiger partial charge in [0, 0.05) is 23.7 Å². The Balaban J connectivity index is 1.74. The zero-order chi connectivity index (χ0) is 14.2. The maximum Gasteiger partial charge on any atom is 0.254 e. The number of anilines is 1. The maximum atomic E-state index is 5.70. The molecule has 1 atom stereocenters. The Kier molecular flexibility index (Phi) is 2.73. The Morgan fingerprint density at radius 1 is 1.33 bits per heavy atom. The van der Waals surface area contributed by atoms with E-state index in [4.69, 9.17) is 4.74 Å². The molecule has 0 saturated heterocycles. The number of aryl methyl sites for hydroxylation is 1. The third-order valence-electron chi connectivity index (χ3n) is 3.66. The standard InChI is InChI=1S/C15H15N5O/c1-10-8-14(20-15(18-10)16-9-17-20)19-12-6-7-21-13-5-3-2-4-11(12)13/h2-5,8-9,12,19H,6-7H2,1H3. The summed E-state index contributed by atoms with van der Waals surface area (Å²) >= 11 is 0. The van der Waals surface area contributed by atoms with Crippen molar-refractivity contribution in [2.45, 2.75) is 19.4 Å². The van der Waals surface area contributed by atoms with Gasteiger partial charge in [-0.05, 0) is 13.0 Å². The summed E-state index contributed by atoms with van der Waals surface area (Å²) in [6, 6.07) is 10.3. The van der Waals surface area contributed by atoms with E-state index in [1.165, 1.54) is 11.9 Å². The smallest absolute Gasteiger partial charge is 0.254 e. The zero-order valence-electron chi connectivity index (χ0n) is 11.7. The van der Waals surface area contributed by atoms with Gasteiger partial charge in [-0.15, -0.1) is 0 Å². The predicted octanol–water partition coefficient (Wildman–Crippen LogP) is 2.37. The Hall–Kier alpha value is -2.63. The van der Waals surface area contributed by atoms with Crippen molar-refractivity contribution in [2.75, 3.05) is 11.9 Å². The first-order chi connectivity index (χ1) is 10.3. The molecular weight excluding hydrogens is 266 g/mol. The van der Waals surface area contributed by atoms with Crippen molar-refractivity contribution in [3.8, 4) is 5.75 Å². The lowest BCUT2D eigenvalue weighted by Crippen LogP contribution is -2.21. The number of nitrogens with one attached hydrogen (secondary N) is 1. The molecule has 1 aromatic carbocycles. The summed E-state index contributed by atoms with van der Waals surface area (Å²) in [6.07, 6.45) is 2.43. The van der Waals surface area contributed by atoms with Crippen LogP contribution < -0.4 is 10.1 Å². The van der Waals surface area contributed by atoms with E-state index in [9.17, 15) is 0 Å². The largest absolute Gasteiger partial charge is 0.493 e. The van der Waals surface area contributed by atoms with Crippen molar-refractivity contribution < 1.29 is 4.74 Å². The molecule has 6 nitrogen and oxygen atoms in total. The monoisotopic (exact) mass is 281 g/mol. The normalized spacial score (nSPS) is 17.3. The summed E-state index contributed by atoms with van der Waals surface area (Å²) in [7, 11) is 0. The van der Waals surface area contributed by atoms with Crippen molar-refractivity contribution >= 4 is 11.6 Å². The minimum atomic E-state index is 0.198. The molecule has 2 aromatic heterocycles. The highest BCUT2D eigenvalue weighted by Crippen LogP contribution is 2.33. The van der Waals surface area contributed by atoms with Crippen LogP contribution in [0, 0.1) is 6.92 Å². The van der Waals surface area contributed by atoms with Crippen LogP contribution in [0.25, 0.3) is 5.78 Å². The second kappa shape index (κ2) is 4.73. The molecule has 0 amide bonds. The van der Waals surface area contributed by atoms with Gasteiger partial charge < -0.3 is 10.1 Å². The van der Waals surface area contributed by atoms with Crippen molar-refractivity contribution in [1.29, 1.82) is 0 Å². The van der Waals surface area contributed by atoms with Gasteiger partial charge >= 0.3 is 0 Å². The molecule has 4 rings (SSSR count). The van der Waals surface area contributed by atoms with Crippen LogP contribution in [0.3, 0.4) is 0 Å². The first-order valence-corrected chi connectivity index (χ1v) is 6.97. The first kappa shape index (κ1) is 12.1. The summed E-state index contributed by atoms with van der Waals surface area (Å²) in [5.41, 5.74) is 2.09. The molecule has 21 heavy (non-hydrogen) atoms. The molecule has 1 aliphatic heterocycles. The molecule has 0 aliphatic carbocycles. The highest BCUT2D eigenvalue weighted by molar-refractivity contribution is 5.49. The molecule has 0 fully saturated rings. The van der Waals surface area contributed by atoms with Crippen LogP contribution >= 0.6 is 0 Å². The molecule has 6 heteroatoms. The molecule has 1 aliphatic rings. The van der Waals surface area contributed by atoms with Crippen LogP contribution in [0.15, 0.2) is 36.7 Å². The number of rotatable bonds is 2. The molecular formula is C15H15N5O. The third kappa shape index (κ3) is 2.08. The average molecular weight is 281 g/mol. The number of ether oxygens (including phenoxy) is 1. The maximum absolute atomic E-state index is 5.70. The highest BCUT2D eigenvalue weighted by Gasteiger charge is 2.22. The van der Waals surface area contributed by atoms with Gasteiger partial charge in [-0.3, -0.25) is 0 Å². The van der Waals surface area contributed by atoms with Gasteiger partial charge in [0.05, 0.1) is 12.6 Å². The van der Waals surface area contributed by atoms with Crippen LogP contribution in [0.2, 0.25) is 0 Å². The van der Waals surface area contributed by atoms with Gasteiger partial charge in [0.1, 0.15) is 17.9 Å². The van der Waals surface area contributed by atoms with E-state index in [-0.39, 0.29) is 6.04 Å². The van der Waals surface area contributed by atoms with Gasteiger partial charge in [0.2, 0.25) is 0 Å². The molecule has 1 N–H and O–H groups in total. The van der Waals surface area contributed by atoms with Gasteiger partial charge in [-0.25, -0.2) is 4.98 Å². The lowest BCUT2D eigenvalue weighted by Gasteiger charge is -2.27. The van der Waals surface area contributed by atoms with Crippen molar-refractivity contribution in [3.63, 3.8) is 0 Å². The van der Waals surface area contributed by atoms with Gasteiger partial charge in [-0.1, -0.05) is 18.2 Å². The Morgan fingerprint density at radius 2 is 2.24 bits per heavy atom. The molecule has 106 valence electrons. The van der Waals surface area contributed by atoms with Crippen molar-refractivity contribution in [3.05, 3.63) is 47.9 Å².